The fourth-order valence-corrected chi connectivity index (χ4v) is 4.64. The lowest BCUT2D eigenvalue weighted by molar-refractivity contribution is 0.102. The van der Waals surface area contributed by atoms with Crippen molar-refractivity contribution in [2.24, 2.45) is 7.05 Å². The van der Waals surface area contributed by atoms with Gasteiger partial charge in [-0.15, -0.1) is 0 Å². The van der Waals surface area contributed by atoms with Crippen molar-refractivity contribution < 1.29 is 9.53 Å². The van der Waals surface area contributed by atoms with E-state index in [9.17, 15) is 4.79 Å². The van der Waals surface area contributed by atoms with E-state index in [4.69, 9.17) is 4.74 Å². The van der Waals surface area contributed by atoms with Gasteiger partial charge in [-0.1, -0.05) is 0 Å². The predicted molar refractivity (Wildman–Crippen MR) is 130 cm³/mol. The summed E-state index contributed by atoms with van der Waals surface area (Å²) in [5, 5.41) is 11.9. The molecule has 0 spiro atoms. The molecule has 0 unspecified atom stereocenters. The molecule has 2 fully saturated rings. The standard InChI is InChI=1S/C24H28N8O2/c1-14-10-32-13-20(28-24(22(32)26-14)34-16-4-5-16)27-23(33)17-6-7-19(18-12-30(3)29-21(17)18)31-9-8-15(11-31)25-2/h6-7,10,12-13,15-16,25H,4-5,8-9,11H2,1-3H3,(H,27,33)/t15-/m1/s1. The molecule has 1 aromatic carbocycles. The fourth-order valence-electron chi connectivity index (χ4n) is 4.64. The average Bonchev–Trinajstić information content (AvgIpc) is 3.18. The second kappa shape index (κ2) is 7.98. The Labute approximate surface area is 196 Å². The number of rotatable bonds is 6. The Kier molecular flexibility index (Phi) is 4.91. The molecule has 10 heteroatoms. The number of amides is 1. The van der Waals surface area contributed by atoms with Crippen LogP contribution in [0.3, 0.4) is 0 Å². The van der Waals surface area contributed by atoms with Gasteiger partial charge in [0.25, 0.3) is 11.8 Å². The lowest BCUT2D eigenvalue weighted by atomic mass is 10.1. The first-order chi connectivity index (χ1) is 16.5. The van der Waals surface area contributed by atoms with Gasteiger partial charge in [-0.05, 0) is 45.4 Å². The molecule has 1 aliphatic carbocycles. The number of imidazole rings is 1. The minimum absolute atomic E-state index is 0.174. The zero-order valence-electron chi connectivity index (χ0n) is 19.6. The molecule has 1 aliphatic heterocycles. The molecule has 1 atom stereocenters. The van der Waals surface area contributed by atoms with Gasteiger partial charge in [0.15, 0.2) is 5.82 Å². The van der Waals surface area contributed by atoms with Gasteiger partial charge < -0.3 is 20.3 Å². The van der Waals surface area contributed by atoms with Crippen LogP contribution in [0.25, 0.3) is 16.6 Å². The number of hydrogen-bond donors (Lipinski definition) is 2. The maximum Gasteiger partial charge on any atom is 0.260 e. The van der Waals surface area contributed by atoms with Crippen LogP contribution in [0.4, 0.5) is 11.5 Å². The minimum atomic E-state index is -0.258. The summed E-state index contributed by atoms with van der Waals surface area (Å²) < 4.78 is 9.58. The molecule has 4 aromatic rings. The van der Waals surface area contributed by atoms with Gasteiger partial charge in [0.1, 0.15) is 11.6 Å². The molecule has 1 saturated carbocycles. The van der Waals surface area contributed by atoms with Crippen molar-refractivity contribution in [3.8, 4) is 5.88 Å². The number of aryl methyl sites for hydroxylation is 2. The number of fused-ring (bicyclic) bond motifs is 2. The summed E-state index contributed by atoms with van der Waals surface area (Å²) in [5.74, 6) is 0.598. The summed E-state index contributed by atoms with van der Waals surface area (Å²) in [5.41, 5.74) is 3.81. The first-order valence-corrected chi connectivity index (χ1v) is 11.7. The molecule has 4 heterocycles. The first-order valence-electron chi connectivity index (χ1n) is 11.7. The van der Waals surface area contributed by atoms with Crippen LogP contribution in [0.15, 0.2) is 30.7 Å². The molecular formula is C24H28N8O2. The fraction of sp³-hybridized carbons (Fsp3) is 0.417. The Morgan fingerprint density at radius 1 is 1.15 bits per heavy atom. The minimum Gasteiger partial charge on any atom is -0.472 e. The zero-order chi connectivity index (χ0) is 23.4. The van der Waals surface area contributed by atoms with E-state index in [1.807, 2.05) is 49.9 Å². The number of benzene rings is 1. The maximum absolute atomic E-state index is 13.4. The smallest absolute Gasteiger partial charge is 0.260 e. The van der Waals surface area contributed by atoms with E-state index in [-0.39, 0.29) is 12.0 Å². The van der Waals surface area contributed by atoms with Crippen LogP contribution in [0.1, 0.15) is 35.3 Å². The highest BCUT2D eigenvalue weighted by atomic mass is 16.5. The van der Waals surface area contributed by atoms with E-state index in [1.165, 1.54) is 0 Å². The molecule has 176 valence electrons. The number of ether oxygens (including phenoxy) is 1. The highest BCUT2D eigenvalue weighted by molar-refractivity contribution is 6.13. The van der Waals surface area contributed by atoms with E-state index in [2.05, 4.69) is 30.6 Å². The van der Waals surface area contributed by atoms with Crippen molar-refractivity contribution in [1.82, 2.24) is 29.5 Å². The quantitative estimate of drug-likeness (QED) is 0.456. The van der Waals surface area contributed by atoms with Gasteiger partial charge >= 0.3 is 0 Å². The SMILES string of the molecule is CN[C@@H]1CCN(c2ccc(C(=O)Nc3cn4cc(C)nc4c(OC4CC4)n3)c3nn(C)cc23)C1. The molecule has 1 saturated heterocycles. The summed E-state index contributed by atoms with van der Waals surface area (Å²) in [6, 6.07) is 4.34. The number of nitrogens with one attached hydrogen (secondary N) is 2. The van der Waals surface area contributed by atoms with Crippen molar-refractivity contribution in [3.63, 3.8) is 0 Å². The monoisotopic (exact) mass is 460 g/mol. The van der Waals surface area contributed by atoms with Gasteiger partial charge in [0.2, 0.25) is 5.65 Å². The number of nitrogens with zero attached hydrogens (tertiary/aromatic N) is 6. The summed E-state index contributed by atoms with van der Waals surface area (Å²) in [6.07, 6.45) is 8.93. The first kappa shape index (κ1) is 20.9. The average molecular weight is 461 g/mol. The zero-order valence-corrected chi connectivity index (χ0v) is 19.6. The van der Waals surface area contributed by atoms with E-state index in [0.717, 1.165) is 49.1 Å². The summed E-state index contributed by atoms with van der Waals surface area (Å²) in [7, 11) is 3.88. The topological polar surface area (TPSA) is 102 Å². The number of carbonyl (C=O) groups is 1. The molecule has 0 bridgehead atoms. The maximum atomic E-state index is 13.4. The summed E-state index contributed by atoms with van der Waals surface area (Å²) in [6.45, 7) is 3.83. The van der Waals surface area contributed by atoms with E-state index < -0.39 is 0 Å². The Morgan fingerprint density at radius 2 is 2.00 bits per heavy atom. The number of aromatic nitrogens is 5. The van der Waals surface area contributed by atoms with Crippen molar-refractivity contribution >= 4 is 34.0 Å². The Bertz CT molecular complexity index is 1400. The lowest BCUT2D eigenvalue weighted by Crippen LogP contribution is -2.29. The molecule has 34 heavy (non-hydrogen) atoms. The van der Waals surface area contributed by atoms with Crippen molar-refractivity contribution in [1.29, 1.82) is 0 Å². The van der Waals surface area contributed by atoms with E-state index in [1.54, 1.807) is 10.9 Å². The van der Waals surface area contributed by atoms with Crippen LogP contribution >= 0.6 is 0 Å². The van der Waals surface area contributed by atoms with Crippen LogP contribution in [0, 0.1) is 6.92 Å². The molecular weight excluding hydrogens is 432 g/mol. The largest absolute Gasteiger partial charge is 0.472 e. The van der Waals surface area contributed by atoms with Crippen molar-refractivity contribution in [2.75, 3.05) is 30.4 Å². The highest BCUT2D eigenvalue weighted by Crippen LogP contribution is 2.32. The molecule has 2 aliphatic rings. The van der Waals surface area contributed by atoms with Crippen LogP contribution in [0.5, 0.6) is 5.88 Å². The third-order valence-electron chi connectivity index (χ3n) is 6.52. The number of anilines is 2. The van der Waals surface area contributed by atoms with Gasteiger partial charge in [0.05, 0.1) is 17.5 Å². The van der Waals surface area contributed by atoms with Gasteiger partial charge in [-0.2, -0.15) is 10.1 Å². The Balaban J connectivity index is 1.33. The second-order valence-corrected chi connectivity index (χ2v) is 9.23. The third-order valence-corrected chi connectivity index (χ3v) is 6.52. The van der Waals surface area contributed by atoms with Crippen LogP contribution in [0.2, 0.25) is 0 Å². The van der Waals surface area contributed by atoms with Crippen LogP contribution < -0.4 is 20.3 Å². The predicted octanol–water partition coefficient (Wildman–Crippen LogP) is 2.52. The number of carbonyl (C=O) groups excluding carboxylic acids is 1. The highest BCUT2D eigenvalue weighted by Gasteiger charge is 2.27. The lowest BCUT2D eigenvalue weighted by Gasteiger charge is -2.20. The second-order valence-electron chi connectivity index (χ2n) is 9.23. The summed E-state index contributed by atoms with van der Waals surface area (Å²) >= 11 is 0. The van der Waals surface area contributed by atoms with Gasteiger partial charge in [0, 0.05) is 49.6 Å². The molecule has 3 aromatic heterocycles. The normalized spacial score (nSPS) is 18.2. The molecule has 1 amide bonds. The number of likely N-dealkylation sites (N-methyl/N-ethyl adjacent to an activating group) is 1. The van der Waals surface area contributed by atoms with E-state index >= 15 is 0 Å². The van der Waals surface area contributed by atoms with Gasteiger partial charge in [-0.25, -0.2) is 4.98 Å². The third kappa shape index (κ3) is 3.73. The summed E-state index contributed by atoms with van der Waals surface area (Å²) in [4.78, 5) is 24.8. The van der Waals surface area contributed by atoms with E-state index in [0.29, 0.717) is 34.5 Å². The molecule has 10 nitrogen and oxygen atoms in total. The molecule has 6 rings (SSSR count). The van der Waals surface area contributed by atoms with Crippen molar-refractivity contribution in [2.45, 2.75) is 38.3 Å². The Morgan fingerprint density at radius 3 is 2.76 bits per heavy atom. The van der Waals surface area contributed by atoms with Crippen LogP contribution in [-0.4, -0.2) is 62.3 Å². The van der Waals surface area contributed by atoms with Crippen molar-refractivity contribution in [3.05, 3.63) is 42.0 Å². The number of hydrogen-bond acceptors (Lipinski definition) is 7. The van der Waals surface area contributed by atoms with Gasteiger partial charge in [-0.3, -0.25) is 13.9 Å². The molecule has 0 radical (unpaired) electrons. The van der Waals surface area contributed by atoms with Crippen LogP contribution in [-0.2, 0) is 7.05 Å². The Hall–Kier alpha value is -3.66. The molecule has 2 N–H and O–H groups in total.